The molecular weight excluding hydrogens is 392 g/mol. The molecule has 7 nitrogen and oxygen atoms in total. The van der Waals surface area contributed by atoms with Gasteiger partial charge in [0.1, 0.15) is 0 Å². The van der Waals surface area contributed by atoms with Gasteiger partial charge in [-0.05, 0) is 49.9 Å². The molecular formula is C24H26N4O3. The van der Waals surface area contributed by atoms with E-state index in [9.17, 15) is 9.59 Å². The highest BCUT2D eigenvalue weighted by Gasteiger charge is 2.25. The van der Waals surface area contributed by atoms with Gasteiger partial charge in [-0.2, -0.15) is 0 Å². The van der Waals surface area contributed by atoms with E-state index < -0.39 is 0 Å². The molecule has 0 bridgehead atoms. The fourth-order valence-corrected chi connectivity index (χ4v) is 3.78. The Hall–Kier alpha value is -3.61. The summed E-state index contributed by atoms with van der Waals surface area (Å²) in [5, 5.41) is 5.78. The van der Waals surface area contributed by atoms with Crippen LogP contribution in [0.5, 0.6) is 0 Å². The lowest BCUT2D eigenvalue weighted by Crippen LogP contribution is -2.44. The third-order valence-corrected chi connectivity index (χ3v) is 5.52. The van der Waals surface area contributed by atoms with E-state index in [1.807, 2.05) is 60.4 Å². The second-order valence-electron chi connectivity index (χ2n) is 7.90. The zero-order chi connectivity index (χ0) is 21.6. The van der Waals surface area contributed by atoms with Gasteiger partial charge in [0.05, 0.1) is 6.20 Å². The van der Waals surface area contributed by atoms with E-state index in [4.69, 9.17) is 4.42 Å². The summed E-state index contributed by atoms with van der Waals surface area (Å²) in [6.45, 7) is 3.90. The average molecular weight is 418 g/mol. The summed E-state index contributed by atoms with van der Waals surface area (Å²) in [6, 6.07) is 14.8. The highest BCUT2D eigenvalue weighted by molar-refractivity contribution is 5.94. The van der Waals surface area contributed by atoms with Crippen molar-refractivity contribution < 1.29 is 14.0 Å². The largest absolute Gasteiger partial charge is 0.444 e. The molecule has 1 fully saturated rings. The molecule has 1 aliphatic rings. The number of oxazole rings is 1. The molecule has 0 radical (unpaired) electrons. The summed E-state index contributed by atoms with van der Waals surface area (Å²) in [6.07, 6.45) is 4.94. The van der Waals surface area contributed by atoms with Gasteiger partial charge in [0, 0.05) is 36.4 Å². The number of carbonyl (C=O) groups is 2. The first-order valence-electron chi connectivity index (χ1n) is 10.5. The molecule has 3 aromatic rings. The summed E-state index contributed by atoms with van der Waals surface area (Å²) in [5.74, 6) is 0.917. The lowest BCUT2D eigenvalue weighted by atomic mass is 9.97. The number of aromatic nitrogens is 1. The first-order valence-corrected chi connectivity index (χ1v) is 10.5. The predicted molar refractivity (Wildman–Crippen MR) is 119 cm³/mol. The van der Waals surface area contributed by atoms with Gasteiger partial charge >= 0.3 is 6.03 Å². The van der Waals surface area contributed by atoms with Gasteiger partial charge in [0.15, 0.2) is 12.2 Å². The highest BCUT2D eigenvalue weighted by atomic mass is 16.3. The Morgan fingerprint density at radius 3 is 2.61 bits per heavy atom. The van der Waals surface area contributed by atoms with Crippen LogP contribution in [0, 0.1) is 12.8 Å². The number of hydrogen-bond donors (Lipinski definition) is 2. The maximum absolute atomic E-state index is 12.9. The third kappa shape index (κ3) is 5.31. The lowest BCUT2D eigenvalue weighted by molar-refractivity contribution is 0.0675. The topological polar surface area (TPSA) is 87.5 Å². The first kappa shape index (κ1) is 20.7. The number of amides is 3. The van der Waals surface area contributed by atoms with E-state index in [2.05, 4.69) is 15.6 Å². The smallest absolute Gasteiger partial charge is 0.319 e. The van der Waals surface area contributed by atoms with Crippen LogP contribution in [0.25, 0.3) is 11.3 Å². The van der Waals surface area contributed by atoms with Crippen molar-refractivity contribution >= 4 is 17.6 Å². The van der Waals surface area contributed by atoms with Crippen molar-refractivity contribution in [2.75, 3.05) is 25.0 Å². The van der Waals surface area contributed by atoms with Crippen LogP contribution in [0.2, 0.25) is 0 Å². The number of anilines is 1. The molecule has 0 aliphatic carbocycles. The standard InChI is InChI=1S/C24H26N4O3/c1-17-4-10-21(11-5-17)27-24(30)26-13-18-3-2-12-28(15-18)23(29)20-8-6-19(7-9-20)22-14-25-16-31-22/h4-11,14,16,18H,2-3,12-13,15H2,1H3,(H2,26,27,30). The van der Waals surface area contributed by atoms with Crippen LogP contribution in [0.3, 0.4) is 0 Å². The third-order valence-electron chi connectivity index (χ3n) is 5.52. The Kier molecular flexibility index (Phi) is 6.31. The maximum Gasteiger partial charge on any atom is 0.319 e. The molecule has 7 heteroatoms. The molecule has 1 unspecified atom stereocenters. The molecule has 0 saturated carbocycles. The van der Waals surface area contributed by atoms with E-state index in [0.29, 0.717) is 24.4 Å². The van der Waals surface area contributed by atoms with Crippen LogP contribution in [0.1, 0.15) is 28.8 Å². The molecule has 2 aromatic carbocycles. The van der Waals surface area contributed by atoms with E-state index >= 15 is 0 Å². The van der Waals surface area contributed by atoms with Crippen molar-refractivity contribution in [3.05, 3.63) is 72.2 Å². The Balaban J connectivity index is 1.29. The van der Waals surface area contributed by atoms with E-state index in [0.717, 1.165) is 36.2 Å². The van der Waals surface area contributed by atoms with Gasteiger partial charge in [0.25, 0.3) is 5.91 Å². The quantitative estimate of drug-likeness (QED) is 0.646. The average Bonchev–Trinajstić information content (AvgIpc) is 3.34. The van der Waals surface area contributed by atoms with Gasteiger partial charge in [-0.15, -0.1) is 0 Å². The van der Waals surface area contributed by atoms with Gasteiger partial charge in [0.2, 0.25) is 0 Å². The number of rotatable bonds is 5. The fourth-order valence-electron chi connectivity index (χ4n) is 3.78. The van der Waals surface area contributed by atoms with Gasteiger partial charge in [-0.25, -0.2) is 9.78 Å². The molecule has 2 N–H and O–H groups in total. The molecule has 160 valence electrons. The van der Waals surface area contributed by atoms with E-state index in [1.54, 1.807) is 6.20 Å². The summed E-state index contributed by atoms with van der Waals surface area (Å²) < 4.78 is 5.29. The van der Waals surface area contributed by atoms with Crippen LogP contribution in [0.15, 0.2) is 65.5 Å². The molecule has 1 saturated heterocycles. The number of piperidine rings is 1. The summed E-state index contributed by atoms with van der Waals surface area (Å²) >= 11 is 0. The number of benzene rings is 2. The summed E-state index contributed by atoms with van der Waals surface area (Å²) in [5.41, 5.74) is 3.44. The number of hydrogen-bond acceptors (Lipinski definition) is 4. The second-order valence-corrected chi connectivity index (χ2v) is 7.90. The van der Waals surface area contributed by atoms with Gasteiger partial charge in [-0.3, -0.25) is 4.79 Å². The number of nitrogens with one attached hydrogen (secondary N) is 2. The number of carbonyl (C=O) groups excluding carboxylic acids is 2. The van der Waals surface area contributed by atoms with Crippen molar-refractivity contribution in [3.8, 4) is 11.3 Å². The van der Waals surface area contributed by atoms with Crippen LogP contribution in [-0.4, -0.2) is 41.5 Å². The number of nitrogens with zero attached hydrogens (tertiary/aromatic N) is 2. The Morgan fingerprint density at radius 1 is 1.13 bits per heavy atom. The fraction of sp³-hybridized carbons (Fsp3) is 0.292. The van der Waals surface area contributed by atoms with Crippen LogP contribution in [-0.2, 0) is 0 Å². The minimum Gasteiger partial charge on any atom is -0.444 e. The first-order chi connectivity index (χ1) is 15.1. The van der Waals surface area contributed by atoms with Crippen LogP contribution in [0.4, 0.5) is 10.5 Å². The summed E-state index contributed by atoms with van der Waals surface area (Å²) in [7, 11) is 0. The molecule has 1 atom stereocenters. The van der Waals surface area contributed by atoms with Crippen molar-refractivity contribution in [1.29, 1.82) is 0 Å². The zero-order valence-electron chi connectivity index (χ0n) is 17.5. The van der Waals surface area contributed by atoms with Crippen LogP contribution < -0.4 is 10.6 Å². The molecule has 2 heterocycles. The van der Waals surface area contributed by atoms with E-state index in [1.165, 1.54) is 6.39 Å². The Labute approximate surface area is 181 Å². The van der Waals surface area contributed by atoms with Crippen molar-refractivity contribution in [2.24, 2.45) is 5.92 Å². The highest BCUT2D eigenvalue weighted by Crippen LogP contribution is 2.22. The SMILES string of the molecule is Cc1ccc(NC(=O)NCC2CCCN(C(=O)c3ccc(-c4cnco4)cc3)C2)cc1. The van der Waals surface area contributed by atoms with Gasteiger partial charge in [-0.1, -0.05) is 29.8 Å². The lowest BCUT2D eigenvalue weighted by Gasteiger charge is -2.33. The Morgan fingerprint density at radius 2 is 1.90 bits per heavy atom. The van der Waals surface area contributed by atoms with Crippen molar-refractivity contribution in [3.63, 3.8) is 0 Å². The monoisotopic (exact) mass is 418 g/mol. The van der Waals surface area contributed by atoms with Crippen molar-refractivity contribution in [1.82, 2.24) is 15.2 Å². The number of likely N-dealkylation sites (tertiary alicyclic amines) is 1. The van der Waals surface area contributed by atoms with Gasteiger partial charge < -0.3 is 20.0 Å². The predicted octanol–water partition coefficient (Wildman–Crippen LogP) is 4.32. The minimum absolute atomic E-state index is 0.0120. The molecule has 3 amide bonds. The van der Waals surface area contributed by atoms with Crippen LogP contribution >= 0.6 is 0 Å². The number of urea groups is 1. The van der Waals surface area contributed by atoms with E-state index in [-0.39, 0.29) is 17.9 Å². The molecule has 1 aromatic heterocycles. The Bertz CT molecular complexity index is 1010. The number of aryl methyl sites for hydroxylation is 1. The zero-order valence-corrected chi connectivity index (χ0v) is 17.5. The molecule has 31 heavy (non-hydrogen) atoms. The normalized spacial score (nSPS) is 16.0. The second kappa shape index (κ2) is 9.47. The molecule has 4 rings (SSSR count). The van der Waals surface area contributed by atoms with Crippen molar-refractivity contribution in [2.45, 2.75) is 19.8 Å². The maximum atomic E-state index is 12.9. The molecule has 1 aliphatic heterocycles. The minimum atomic E-state index is -0.227. The molecule has 0 spiro atoms. The summed E-state index contributed by atoms with van der Waals surface area (Å²) in [4.78, 5) is 30.9.